The standard InChI is InChI=1S/C20H25N3O2/c1-16-4-3-5-17(14-16)21-15-20(24)23-12-10-22(11-13-23)18-6-8-19(25-2)9-7-18/h3-9,14,21H,10-13,15H2,1-2H3. The third-order valence-corrected chi connectivity index (χ3v) is 4.53. The topological polar surface area (TPSA) is 44.8 Å². The Bertz CT molecular complexity index is 707. The molecule has 0 radical (unpaired) electrons. The fourth-order valence-electron chi connectivity index (χ4n) is 3.05. The van der Waals surface area contributed by atoms with E-state index in [0.29, 0.717) is 6.54 Å². The van der Waals surface area contributed by atoms with Crippen LogP contribution in [0.3, 0.4) is 0 Å². The first-order valence-corrected chi connectivity index (χ1v) is 8.63. The second-order valence-corrected chi connectivity index (χ2v) is 6.29. The fourth-order valence-corrected chi connectivity index (χ4v) is 3.05. The second-order valence-electron chi connectivity index (χ2n) is 6.29. The predicted octanol–water partition coefficient (Wildman–Crippen LogP) is 2.76. The van der Waals surface area contributed by atoms with Crippen molar-refractivity contribution in [1.82, 2.24) is 4.90 Å². The molecule has 5 nitrogen and oxygen atoms in total. The zero-order chi connectivity index (χ0) is 17.6. The number of amides is 1. The first-order valence-electron chi connectivity index (χ1n) is 8.63. The van der Waals surface area contributed by atoms with E-state index in [-0.39, 0.29) is 5.91 Å². The highest BCUT2D eigenvalue weighted by atomic mass is 16.5. The van der Waals surface area contributed by atoms with E-state index in [1.807, 2.05) is 42.2 Å². The number of nitrogens with zero attached hydrogens (tertiary/aromatic N) is 2. The molecule has 0 atom stereocenters. The lowest BCUT2D eigenvalue weighted by atomic mass is 10.2. The number of benzene rings is 2. The molecule has 0 aliphatic carbocycles. The Morgan fingerprint density at radius 2 is 1.80 bits per heavy atom. The van der Waals surface area contributed by atoms with E-state index in [9.17, 15) is 4.79 Å². The molecule has 5 heteroatoms. The van der Waals surface area contributed by atoms with Crippen molar-refractivity contribution < 1.29 is 9.53 Å². The van der Waals surface area contributed by atoms with Crippen LogP contribution < -0.4 is 15.0 Å². The summed E-state index contributed by atoms with van der Waals surface area (Å²) in [5.41, 5.74) is 3.35. The molecule has 132 valence electrons. The molecule has 1 aliphatic heterocycles. The molecular formula is C20H25N3O2. The normalized spacial score (nSPS) is 14.3. The number of hydrogen-bond acceptors (Lipinski definition) is 4. The number of ether oxygens (including phenoxy) is 1. The van der Waals surface area contributed by atoms with Crippen molar-refractivity contribution in [2.75, 3.05) is 50.1 Å². The minimum absolute atomic E-state index is 0.149. The highest BCUT2D eigenvalue weighted by Crippen LogP contribution is 2.20. The molecular weight excluding hydrogens is 314 g/mol. The van der Waals surface area contributed by atoms with Crippen LogP contribution in [0.15, 0.2) is 48.5 Å². The molecule has 0 saturated carbocycles. The predicted molar refractivity (Wildman–Crippen MR) is 101 cm³/mol. The lowest BCUT2D eigenvalue weighted by molar-refractivity contribution is -0.129. The van der Waals surface area contributed by atoms with Crippen LogP contribution >= 0.6 is 0 Å². The maximum absolute atomic E-state index is 12.4. The number of hydrogen-bond donors (Lipinski definition) is 1. The summed E-state index contributed by atoms with van der Waals surface area (Å²) >= 11 is 0. The van der Waals surface area contributed by atoms with E-state index < -0.39 is 0 Å². The summed E-state index contributed by atoms with van der Waals surface area (Å²) < 4.78 is 5.20. The largest absolute Gasteiger partial charge is 0.497 e. The molecule has 0 aromatic heterocycles. The van der Waals surface area contributed by atoms with Gasteiger partial charge in [-0.3, -0.25) is 4.79 Å². The van der Waals surface area contributed by atoms with E-state index >= 15 is 0 Å². The van der Waals surface area contributed by atoms with Gasteiger partial charge in [-0.25, -0.2) is 0 Å². The molecule has 1 fully saturated rings. The van der Waals surface area contributed by atoms with Gasteiger partial charge in [-0.05, 0) is 48.9 Å². The summed E-state index contributed by atoms with van der Waals surface area (Å²) in [6.45, 7) is 5.59. The molecule has 0 unspecified atom stereocenters. The number of aryl methyl sites for hydroxylation is 1. The third kappa shape index (κ3) is 4.44. The van der Waals surface area contributed by atoms with Gasteiger partial charge in [-0.2, -0.15) is 0 Å². The van der Waals surface area contributed by atoms with Crippen LogP contribution in [-0.4, -0.2) is 50.6 Å². The van der Waals surface area contributed by atoms with Gasteiger partial charge < -0.3 is 19.9 Å². The van der Waals surface area contributed by atoms with Crippen molar-refractivity contribution in [3.05, 3.63) is 54.1 Å². The molecule has 25 heavy (non-hydrogen) atoms. The summed E-state index contributed by atoms with van der Waals surface area (Å²) in [6.07, 6.45) is 0. The van der Waals surface area contributed by atoms with Gasteiger partial charge in [0.25, 0.3) is 0 Å². The van der Waals surface area contributed by atoms with Crippen molar-refractivity contribution in [3.8, 4) is 5.75 Å². The Hall–Kier alpha value is -2.69. The van der Waals surface area contributed by atoms with Gasteiger partial charge in [0.2, 0.25) is 5.91 Å². The van der Waals surface area contributed by atoms with Gasteiger partial charge in [-0.15, -0.1) is 0 Å². The summed E-state index contributed by atoms with van der Waals surface area (Å²) in [4.78, 5) is 16.6. The average Bonchev–Trinajstić information content (AvgIpc) is 2.66. The zero-order valence-corrected chi connectivity index (χ0v) is 14.9. The molecule has 2 aromatic rings. The van der Waals surface area contributed by atoms with E-state index in [1.165, 1.54) is 11.3 Å². The average molecular weight is 339 g/mol. The Kier molecular flexibility index (Phi) is 5.43. The van der Waals surface area contributed by atoms with E-state index in [4.69, 9.17) is 4.74 Å². The monoisotopic (exact) mass is 339 g/mol. The lowest BCUT2D eigenvalue weighted by Gasteiger charge is -2.36. The number of nitrogens with one attached hydrogen (secondary N) is 1. The van der Waals surface area contributed by atoms with Crippen molar-refractivity contribution >= 4 is 17.3 Å². The van der Waals surface area contributed by atoms with Gasteiger partial charge >= 0.3 is 0 Å². The smallest absolute Gasteiger partial charge is 0.241 e. The number of anilines is 2. The summed E-state index contributed by atoms with van der Waals surface area (Å²) in [5, 5.41) is 3.22. The number of piperazine rings is 1. The molecule has 1 aliphatic rings. The zero-order valence-electron chi connectivity index (χ0n) is 14.9. The van der Waals surface area contributed by atoms with Crippen molar-refractivity contribution in [2.45, 2.75) is 6.92 Å². The quantitative estimate of drug-likeness (QED) is 0.910. The van der Waals surface area contributed by atoms with E-state index in [1.54, 1.807) is 7.11 Å². The number of methoxy groups -OCH3 is 1. The van der Waals surface area contributed by atoms with Crippen molar-refractivity contribution in [2.24, 2.45) is 0 Å². The minimum atomic E-state index is 0.149. The van der Waals surface area contributed by atoms with Crippen LogP contribution in [0.25, 0.3) is 0 Å². The van der Waals surface area contributed by atoms with E-state index in [0.717, 1.165) is 37.6 Å². The van der Waals surface area contributed by atoms with Gasteiger partial charge in [0, 0.05) is 37.6 Å². The summed E-state index contributed by atoms with van der Waals surface area (Å²) in [5.74, 6) is 1.01. The van der Waals surface area contributed by atoms with Crippen LogP contribution in [0, 0.1) is 6.92 Å². The molecule has 2 aromatic carbocycles. The maximum atomic E-state index is 12.4. The molecule has 1 N–H and O–H groups in total. The van der Waals surface area contributed by atoms with Gasteiger partial charge in [0.15, 0.2) is 0 Å². The third-order valence-electron chi connectivity index (χ3n) is 4.53. The minimum Gasteiger partial charge on any atom is -0.497 e. The lowest BCUT2D eigenvalue weighted by Crippen LogP contribution is -2.50. The SMILES string of the molecule is COc1ccc(N2CCN(C(=O)CNc3cccc(C)c3)CC2)cc1. The number of carbonyl (C=O) groups is 1. The fraction of sp³-hybridized carbons (Fsp3) is 0.350. The Balaban J connectivity index is 1.48. The Morgan fingerprint density at radius 1 is 1.08 bits per heavy atom. The van der Waals surface area contributed by atoms with Crippen LogP contribution in [0.4, 0.5) is 11.4 Å². The maximum Gasteiger partial charge on any atom is 0.241 e. The number of carbonyl (C=O) groups excluding carboxylic acids is 1. The Morgan fingerprint density at radius 3 is 2.44 bits per heavy atom. The van der Waals surface area contributed by atoms with Gasteiger partial charge in [0.05, 0.1) is 13.7 Å². The molecule has 1 heterocycles. The van der Waals surface area contributed by atoms with Gasteiger partial charge in [-0.1, -0.05) is 12.1 Å². The highest BCUT2D eigenvalue weighted by Gasteiger charge is 2.21. The molecule has 1 amide bonds. The van der Waals surface area contributed by atoms with Crippen LogP contribution in [0.5, 0.6) is 5.75 Å². The van der Waals surface area contributed by atoms with Crippen molar-refractivity contribution in [3.63, 3.8) is 0 Å². The first kappa shape index (κ1) is 17.1. The van der Waals surface area contributed by atoms with Crippen LogP contribution in [0.2, 0.25) is 0 Å². The summed E-state index contributed by atoms with van der Waals surface area (Å²) in [6, 6.07) is 16.2. The van der Waals surface area contributed by atoms with Crippen molar-refractivity contribution in [1.29, 1.82) is 0 Å². The second kappa shape index (κ2) is 7.92. The number of rotatable bonds is 5. The van der Waals surface area contributed by atoms with Crippen LogP contribution in [-0.2, 0) is 4.79 Å². The molecule has 0 bridgehead atoms. The Labute approximate surface area is 149 Å². The molecule has 1 saturated heterocycles. The summed E-state index contributed by atoms with van der Waals surface area (Å²) in [7, 11) is 1.67. The first-order chi connectivity index (χ1) is 12.2. The molecule has 3 rings (SSSR count). The molecule has 0 spiro atoms. The highest BCUT2D eigenvalue weighted by molar-refractivity contribution is 5.81. The van der Waals surface area contributed by atoms with Crippen LogP contribution in [0.1, 0.15) is 5.56 Å². The van der Waals surface area contributed by atoms with E-state index in [2.05, 4.69) is 28.4 Å². The van der Waals surface area contributed by atoms with Gasteiger partial charge in [0.1, 0.15) is 5.75 Å².